The molecule has 2 unspecified atom stereocenters. The molecule has 138 valence electrons. The monoisotopic (exact) mass is 389 g/mol. The summed E-state index contributed by atoms with van der Waals surface area (Å²) in [5, 5.41) is 14.6. The molecule has 28 heavy (non-hydrogen) atoms. The van der Waals surface area contributed by atoms with Crippen LogP contribution in [0.4, 0.5) is 0 Å². The zero-order valence-electron chi connectivity index (χ0n) is 15.1. The SMILES string of the molecule is CC([S+]=O)c1cccc(C(CC#N)n2cc(-c3ncnc4[nH]ccc34)cn2)c1. The standard InChI is InChI=1S/C20H17N6OS/c1-13(28-27)14-3-2-4-15(9-14)18(5-7-21)26-11-16(10-25-26)19-17-6-8-22-20(17)24-12-23-19/h2-4,6,8-13,18H,5H2,1H3,(H,22,23,24)/q+1. The van der Waals surface area contributed by atoms with E-state index >= 15 is 0 Å². The molecule has 0 aliphatic carbocycles. The maximum absolute atomic E-state index is 11.2. The largest absolute Gasteiger partial charge is 0.466 e. The van der Waals surface area contributed by atoms with E-state index in [4.69, 9.17) is 0 Å². The van der Waals surface area contributed by atoms with Crippen LogP contribution in [0.1, 0.15) is 35.8 Å². The van der Waals surface area contributed by atoms with Crippen molar-refractivity contribution in [1.29, 1.82) is 5.26 Å². The molecule has 4 aromatic rings. The first kappa shape index (κ1) is 17.9. The van der Waals surface area contributed by atoms with Crippen LogP contribution in [0, 0.1) is 11.3 Å². The third-order valence-electron chi connectivity index (χ3n) is 4.74. The molecule has 0 bridgehead atoms. The number of H-pyrrole nitrogens is 1. The number of fused-ring (bicyclic) bond motifs is 1. The molecule has 1 aromatic carbocycles. The molecular weight excluding hydrogens is 372 g/mol. The van der Waals surface area contributed by atoms with Crippen molar-refractivity contribution in [3.8, 4) is 17.3 Å². The van der Waals surface area contributed by atoms with Gasteiger partial charge in [-0.3, -0.25) is 4.68 Å². The lowest BCUT2D eigenvalue weighted by atomic mass is 10.0. The molecule has 0 saturated carbocycles. The molecule has 0 spiro atoms. The lowest BCUT2D eigenvalue weighted by Crippen LogP contribution is -2.11. The van der Waals surface area contributed by atoms with E-state index in [0.29, 0.717) is 11.7 Å². The van der Waals surface area contributed by atoms with Gasteiger partial charge < -0.3 is 4.98 Å². The van der Waals surface area contributed by atoms with Gasteiger partial charge in [0.2, 0.25) is 0 Å². The summed E-state index contributed by atoms with van der Waals surface area (Å²) in [5.74, 6) is 0. The zero-order valence-corrected chi connectivity index (χ0v) is 15.9. The predicted molar refractivity (Wildman–Crippen MR) is 106 cm³/mol. The Balaban J connectivity index is 1.74. The number of nitrogens with one attached hydrogen (secondary N) is 1. The van der Waals surface area contributed by atoms with Crippen LogP contribution in [-0.4, -0.2) is 24.7 Å². The van der Waals surface area contributed by atoms with Gasteiger partial charge in [0.15, 0.2) is 0 Å². The lowest BCUT2D eigenvalue weighted by molar-refractivity contribution is 0.532. The first-order valence-electron chi connectivity index (χ1n) is 8.79. The van der Waals surface area contributed by atoms with Gasteiger partial charge in [-0.1, -0.05) is 18.2 Å². The van der Waals surface area contributed by atoms with Crippen molar-refractivity contribution in [2.45, 2.75) is 24.6 Å². The normalized spacial score (nSPS) is 13.1. The Hall–Kier alpha value is -3.44. The van der Waals surface area contributed by atoms with Crippen LogP contribution in [0.15, 0.2) is 55.2 Å². The number of aromatic amines is 1. The number of rotatable bonds is 6. The minimum atomic E-state index is -0.244. The second-order valence-electron chi connectivity index (χ2n) is 6.46. The third kappa shape index (κ3) is 3.28. The summed E-state index contributed by atoms with van der Waals surface area (Å²) in [6.07, 6.45) is 7.26. The van der Waals surface area contributed by atoms with Gasteiger partial charge in [-0.2, -0.15) is 10.4 Å². The van der Waals surface area contributed by atoms with E-state index in [0.717, 1.165) is 33.4 Å². The van der Waals surface area contributed by atoms with Gasteiger partial charge in [0.1, 0.15) is 12.0 Å². The highest BCUT2D eigenvalue weighted by Crippen LogP contribution is 2.29. The van der Waals surface area contributed by atoms with Crippen molar-refractivity contribution in [3.05, 3.63) is 66.4 Å². The molecule has 3 aromatic heterocycles. The molecule has 8 heteroatoms. The van der Waals surface area contributed by atoms with Crippen LogP contribution in [0.3, 0.4) is 0 Å². The Labute approximate surface area is 165 Å². The Kier molecular flexibility index (Phi) is 4.91. The molecule has 4 rings (SSSR count). The molecule has 0 radical (unpaired) electrons. The summed E-state index contributed by atoms with van der Waals surface area (Å²) in [7, 11) is 0. The second-order valence-corrected chi connectivity index (χ2v) is 7.36. The number of hydrogen-bond donors (Lipinski definition) is 1. The number of nitrogens with zero attached hydrogens (tertiary/aromatic N) is 5. The quantitative estimate of drug-likeness (QED) is 0.505. The van der Waals surface area contributed by atoms with Crippen molar-refractivity contribution < 1.29 is 4.21 Å². The number of benzene rings is 1. The smallest absolute Gasteiger partial charge is 0.346 e. The maximum Gasteiger partial charge on any atom is 0.466 e. The van der Waals surface area contributed by atoms with Crippen LogP contribution in [0.25, 0.3) is 22.3 Å². The van der Waals surface area contributed by atoms with E-state index in [1.54, 1.807) is 10.9 Å². The Bertz CT molecular complexity index is 1170. The fourth-order valence-corrected chi connectivity index (χ4v) is 3.52. The summed E-state index contributed by atoms with van der Waals surface area (Å²) < 4.78 is 13.0. The van der Waals surface area contributed by atoms with Gasteiger partial charge in [0.25, 0.3) is 5.25 Å². The minimum absolute atomic E-state index is 0.154. The van der Waals surface area contributed by atoms with E-state index < -0.39 is 0 Å². The average molecular weight is 389 g/mol. The average Bonchev–Trinajstić information content (AvgIpc) is 3.41. The van der Waals surface area contributed by atoms with E-state index in [-0.39, 0.29) is 17.7 Å². The van der Waals surface area contributed by atoms with Gasteiger partial charge in [0, 0.05) is 40.0 Å². The fourth-order valence-electron chi connectivity index (χ4n) is 3.26. The van der Waals surface area contributed by atoms with E-state index in [9.17, 15) is 9.47 Å². The third-order valence-corrected chi connectivity index (χ3v) is 5.30. The van der Waals surface area contributed by atoms with E-state index in [1.807, 2.05) is 49.6 Å². The molecule has 3 heterocycles. The molecule has 0 aliphatic heterocycles. The molecule has 2 atom stereocenters. The fraction of sp³-hybridized carbons (Fsp3) is 0.200. The maximum atomic E-state index is 11.2. The van der Waals surface area contributed by atoms with E-state index in [1.165, 1.54) is 6.33 Å². The van der Waals surface area contributed by atoms with Crippen LogP contribution in [-0.2, 0) is 15.9 Å². The Morgan fingerprint density at radius 2 is 2.14 bits per heavy atom. The van der Waals surface area contributed by atoms with Crippen molar-refractivity contribution in [3.63, 3.8) is 0 Å². The van der Waals surface area contributed by atoms with Gasteiger partial charge >= 0.3 is 11.7 Å². The van der Waals surface area contributed by atoms with Crippen LogP contribution < -0.4 is 0 Å². The van der Waals surface area contributed by atoms with Crippen LogP contribution >= 0.6 is 0 Å². The molecule has 0 fully saturated rings. The molecule has 0 amide bonds. The molecule has 1 N–H and O–H groups in total. The highest BCUT2D eigenvalue weighted by atomic mass is 32.1. The van der Waals surface area contributed by atoms with Crippen molar-refractivity contribution in [2.75, 3.05) is 0 Å². The second kappa shape index (κ2) is 7.66. The molecule has 0 saturated heterocycles. The van der Waals surface area contributed by atoms with Crippen molar-refractivity contribution in [2.24, 2.45) is 0 Å². The summed E-state index contributed by atoms with van der Waals surface area (Å²) in [5.41, 5.74) is 4.30. The van der Waals surface area contributed by atoms with Gasteiger partial charge in [-0.05, 0) is 17.7 Å². The lowest BCUT2D eigenvalue weighted by Gasteiger charge is -2.15. The summed E-state index contributed by atoms with van der Waals surface area (Å²) >= 11 is 0.556. The molecule has 7 nitrogen and oxygen atoms in total. The first-order valence-corrected chi connectivity index (χ1v) is 9.59. The highest BCUT2D eigenvalue weighted by Gasteiger charge is 2.21. The minimum Gasteiger partial charge on any atom is -0.346 e. The molecule has 0 aliphatic rings. The van der Waals surface area contributed by atoms with Crippen LogP contribution in [0.2, 0.25) is 0 Å². The topological polar surface area (TPSA) is 100 Å². The molecular formula is C20H17N6OS+. The Morgan fingerprint density at radius 1 is 1.29 bits per heavy atom. The Morgan fingerprint density at radius 3 is 2.96 bits per heavy atom. The van der Waals surface area contributed by atoms with Gasteiger partial charge in [-0.25, -0.2) is 9.97 Å². The van der Waals surface area contributed by atoms with Crippen LogP contribution in [0.5, 0.6) is 0 Å². The number of hydrogen-bond acceptors (Lipinski definition) is 5. The summed E-state index contributed by atoms with van der Waals surface area (Å²) in [6, 6.07) is 11.7. The van der Waals surface area contributed by atoms with Crippen molar-refractivity contribution in [1.82, 2.24) is 24.7 Å². The number of nitriles is 1. The summed E-state index contributed by atoms with van der Waals surface area (Å²) in [4.78, 5) is 11.7. The van der Waals surface area contributed by atoms with Crippen molar-refractivity contribution >= 4 is 22.7 Å². The van der Waals surface area contributed by atoms with Gasteiger partial charge in [-0.15, -0.1) is 0 Å². The highest BCUT2D eigenvalue weighted by molar-refractivity contribution is 7.65. The zero-order chi connectivity index (χ0) is 19.5. The number of aromatic nitrogens is 5. The van der Waals surface area contributed by atoms with E-state index in [2.05, 4.69) is 26.1 Å². The first-order chi connectivity index (χ1) is 13.7. The predicted octanol–water partition coefficient (Wildman–Crippen LogP) is 3.81. The van der Waals surface area contributed by atoms with Gasteiger partial charge in [0.05, 0.1) is 30.4 Å². The summed E-state index contributed by atoms with van der Waals surface area (Å²) in [6.45, 7) is 1.87.